The maximum atomic E-state index is 13.8. The lowest BCUT2D eigenvalue weighted by Gasteiger charge is -2.10. The van der Waals surface area contributed by atoms with Crippen LogP contribution in [0, 0.1) is 5.82 Å². The summed E-state index contributed by atoms with van der Waals surface area (Å²) in [6.07, 6.45) is 1.62. The number of hydrogen-bond acceptors (Lipinski definition) is 4. The van der Waals surface area contributed by atoms with Crippen molar-refractivity contribution in [3.63, 3.8) is 0 Å². The second-order valence-electron chi connectivity index (χ2n) is 7.10. The summed E-state index contributed by atoms with van der Waals surface area (Å²) in [6, 6.07) is 19.8. The van der Waals surface area contributed by atoms with E-state index in [-0.39, 0.29) is 12.4 Å². The second kappa shape index (κ2) is 9.16. The van der Waals surface area contributed by atoms with Gasteiger partial charge in [0.05, 0.1) is 16.3 Å². The quantitative estimate of drug-likeness (QED) is 0.382. The van der Waals surface area contributed by atoms with Crippen molar-refractivity contribution in [3.05, 3.63) is 106 Å². The smallest absolute Gasteiger partial charge is 0.283 e. The predicted molar refractivity (Wildman–Crippen MR) is 121 cm³/mol. The summed E-state index contributed by atoms with van der Waals surface area (Å²) in [5.74, 6) is -0.962. The van der Waals surface area contributed by atoms with Crippen LogP contribution in [0.2, 0.25) is 5.02 Å². The van der Waals surface area contributed by atoms with Gasteiger partial charge in [0.2, 0.25) is 0 Å². The first kappa shape index (κ1) is 21.5. The molecule has 0 atom stereocenters. The fourth-order valence-electron chi connectivity index (χ4n) is 3.19. The van der Waals surface area contributed by atoms with Crippen molar-refractivity contribution >= 4 is 35.2 Å². The summed E-state index contributed by atoms with van der Waals surface area (Å²) >= 11 is 6.33. The Morgan fingerprint density at radius 3 is 2.53 bits per heavy atom. The Bertz CT molecular complexity index is 1260. The third-order valence-electron chi connectivity index (χ3n) is 4.88. The van der Waals surface area contributed by atoms with E-state index in [0.717, 1.165) is 5.01 Å². The van der Waals surface area contributed by atoms with Gasteiger partial charge >= 0.3 is 0 Å². The monoisotopic (exact) mass is 448 g/mol. The van der Waals surface area contributed by atoms with Gasteiger partial charge in [-0.3, -0.25) is 9.59 Å². The van der Waals surface area contributed by atoms with E-state index in [9.17, 15) is 14.0 Å². The van der Waals surface area contributed by atoms with Crippen LogP contribution in [-0.2, 0) is 11.4 Å². The van der Waals surface area contributed by atoms with E-state index >= 15 is 0 Å². The van der Waals surface area contributed by atoms with Crippen LogP contribution < -0.4 is 4.74 Å². The standard InChI is InChI=1S/C25H18ClFN2O3/c1-16-20(25(31)29(28-16)24(30)18-7-3-2-4-8-18)13-17-11-12-23(21(26)14-17)32-15-19-9-5-6-10-22(19)27/h2-14H,15H2,1H3/b20-13+. The molecule has 0 saturated heterocycles. The first-order valence-corrected chi connectivity index (χ1v) is 10.2. The lowest BCUT2D eigenvalue weighted by Crippen LogP contribution is -2.29. The molecule has 1 heterocycles. The van der Waals surface area contributed by atoms with E-state index in [1.165, 1.54) is 6.07 Å². The molecular formula is C25H18ClFN2O3. The van der Waals surface area contributed by atoms with Crippen molar-refractivity contribution < 1.29 is 18.7 Å². The van der Waals surface area contributed by atoms with Crippen molar-refractivity contribution in [3.8, 4) is 5.75 Å². The van der Waals surface area contributed by atoms with Gasteiger partial charge in [0, 0.05) is 11.1 Å². The first-order valence-electron chi connectivity index (χ1n) is 9.81. The molecule has 32 heavy (non-hydrogen) atoms. The fourth-order valence-corrected chi connectivity index (χ4v) is 3.43. The average Bonchev–Trinajstić information content (AvgIpc) is 3.08. The highest BCUT2D eigenvalue weighted by atomic mass is 35.5. The maximum Gasteiger partial charge on any atom is 0.283 e. The molecule has 3 aromatic rings. The Balaban J connectivity index is 1.51. The maximum absolute atomic E-state index is 13.8. The Hall–Kier alpha value is -3.77. The molecule has 0 unspecified atom stereocenters. The molecule has 1 aliphatic heterocycles. The fraction of sp³-hybridized carbons (Fsp3) is 0.0800. The normalized spacial score (nSPS) is 14.6. The van der Waals surface area contributed by atoms with Crippen molar-refractivity contribution in [2.75, 3.05) is 0 Å². The Morgan fingerprint density at radius 1 is 1.09 bits per heavy atom. The van der Waals surface area contributed by atoms with Gasteiger partial charge in [0.25, 0.3) is 11.8 Å². The van der Waals surface area contributed by atoms with E-state index in [1.807, 2.05) is 0 Å². The number of hydrogen-bond donors (Lipinski definition) is 0. The zero-order valence-electron chi connectivity index (χ0n) is 17.1. The van der Waals surface area contributed by atoms with Crippen molar-refractivity contribution in [1.29, 1.82) is 0 Å². The largest absolute Gasteiger partial charge is 0.487 e. The molecule has 0 aromatic heterocycles. The molecular weight excluding hydrogens is 431 g/mol. The van der Waals surface area contributed by atoms with Gasteiger partial charge in [-0.15, -0.1) is 0 Å². The number of amides is 2. The van der Waals surface area contributed by atoms with E-state index in [4.69, 9.17) is 16.3 Å². The van der Waals surface area contributed by atoms with Crippen LogP contribution in [0.15, 0.2) is 83.5 Å². The number of carbonyl (C=O) groups excluding carboxylic acids is 2. The minimum atomic E-state index is -0.507. The third kappa shape index (κ3) is 4.45. The van der Waals surface area contributed by atoms with Crippen molar-refractivity contribution in [2.24, 2.45) is 5.10 Å². The zero-order chi connectivity index (χ0) is 22.7. The Labute approximate surface area is 189 Å². The van der Waals surface area contributed by atoms with Gasteiger partial charge in [-0.2, -0.15) is 10.1 Å². The molecule has 0 saturated carbocycles. The van der Waals surface area contributed by atoms with Gasteiger partial charge in [-0.1, -0.05) is 54.1 Å². The first-order chi connectivity index (χ1) is 15.4. The highest BCUT2D eigenvalue weighted by molar-refractivity contribution is 6.33. The van der Waals surface area contributed by atoms with Gasteiger partial charge in [-0.25, -0.2) is 4.39 Å². The van der Waals surface area contributed by atoms with E-state index in [1.54, 1.807) is 79.7 Å². The predicted octanol–water partition coefficient (Wildman–Crippen LogP) is 5.50. The van der Waals surface area contributed by atoms with Crippen LogP contribution in [0.3, 0.4) is 0 Å². The number of imide groups is 1. The highest BCUT2D eigenvalue weighted by Gasteiger charge is 2.32. The van der Waals surface area contributed by atoms with E-state index in [2.05, 4.69) is 5.10 Å². The van der Waals surface area contributed by atoms with E-state index in [0.29, 0.717) is 38.7 Å². The lowest BCUT2D eigenvalue weighted by atomic mass is 10.1. The van der Waals surface area contributed by atoms with Gasteiger partial charge in [-0.05, 0) is 48.9 Å². The van der Waals surface area contributed by atoms with Crippen LogP contribution in [0.5, 0.6) is 5.75 Å². The van der Waals surface area contributed by atoms with Gasteiger partial charge in [0.15, 0.2) is 0 Å². The highest BCUT2D eigenvalue weighted by Crippen LogP contribution is 2.29. The van der Waals surface area contributed by atoms with Gasteiger partial charge in [0.1, 0.15) is 18.2 Å². The van der Waals surface area contributed by atoms with Crippen LogP contribution in [-0.4, -0.2) is 22.5 Å². The minimum Gasteiger partial charge on any atom is -0.487 e. The number of carbonyl (C=O) groups is 2. The second-order valence-corrected chi connectivity index (χ2v) is 7.51. The Morgan fingerprint density at radius 2 is 1.81 bits per heavy atom. The third-order valence-corrected chi connectivity index (χ3v) is 5.18. The number of benzene rings is 3. The van der Waals surface area contributed by atoms with Gasteiger partial charge < -0.3 is 4.74 Å². The van der Waals surface area contributed by atoms with Crippen LogP contribution in [0.4, 0.5) is 4.39 Å². The Kier molecular flexibility index (Phi) is 6.14. The SMILES string of the molecule is CC1=NN(C(=O)c2ccccc2)C(=O)/C1=C/c1ccc(OCc2ccccc2F)c(Cl)c1. The molecule has 0 aliphatic carbocycles. The number of nitrogens with zero attached hydrogens (tertiary/aromatic N) is 2. The van der Waals surface area contributed by atoms with Crippen LogP contribution in [0.1, 0.15) is 28.4 Å². The molecule has 0 fully saturated rings. The summed E-state index contributed by atoms with van der Waals surface area (Å²) in [7, 11) is 0. The molecule has 5 nitrogen and oxygen atoms in total. The molecule has 4 rings (SSSR count). The minimum absolute atomic E-state index is 0.0354. The van der Waals surface area contributed by atoms with Crippen LogP contribution in [0.25, 0.3) is 6.08 Å². The summed E-state index contributed by atoms with van der Waals surface area (Å²) in [5, 5.41) is 5.30. The summed E-state index contributed by atoms with van der Waals surface area (Å²) in [4.78, 5) is 25.4. The lowest BCUT2D eigenvalue weighted by molar-refractivity contribution is -0.123. The number of halogens is 2. The molecule has 1 aliphatic rings. The number of rotatable bonds is 5. The zero-order valence-corrected chi connectivity index (χ0v) is 17.8. The molecule has 160 valence electrons. The van der Waals surface area contributed by atoms with Crippen molar-refractivity contribution in [2.45, 2.75) is 13.5 Å². The van der Waals surface area contributed by atoms with Crippen molar-refractivity contribution in [1.82, 2.24) is 5.01 Å². The topological polar surface area (TPSA) is 59.0 Å². The van der Waals surface area contributed by atoms with E-state index < -0.39 is 11.8 Å². The summed E-state index contributed by atoms with van der Waals surface area (Å²) < 4.78 is 19.4. The molecule has 0 spiro atoms. The van der Waals surface area contributed by atoms with Crippen LogP contribution >= 0.6 is 11.6 Å². The molecule has 0 radical (unpaired) electrons. The molecule has 0 N–H and O–H groups in total. The molecule has 0 bridgehead atoms. The molecule has 2 amide bonds. The average molecular weight is 449 g/mol. The molecule has 7 heteroatoms. The summed E-state index contributed by atoms with van der Waals surface area (Å²) in [5.41, 5.74) is 2.15. The summed E-state index contributed by atoms with van der Waals surface area (Å²) in [6.45, 7) is 1.70. The number of ether oxygens (including phenoxy) is 1. The number of hydrazone groups is 1. The molecule has 3 aromatic carbocycles.